The lowest BCUT2D eigenvalue weighted by Gasteiger charge is -2.09. The second kappa shape index (κ2) is 4.77. The van der Waals surface area contributed by atoms with Gasteiger partial charge in [-0.25, -0.2) is 13.5 Å². The van der Waals surface area contributed by atoms with Crippen LogP contribution in [0.4, 0.5) is 8.78 Å². The largest absolute Gasteiger partial charge is 0.295 e. The van der Waals surface area contributed by atoms with Crippen molar-refractivity contribution in [2.75, 3.05) is 0 Å². The molecule has 0 saturated heterocycles. The van der Waals surface area contributed by atoms with Crippen molar-refractivity contribution in [2.24, 2.45) is 7.05 Å². The highest BCUT2D eigenvalue weighted by atomic mass is 79.9. The van der Waals surface area contributed by atoms with E-state index in [1.807, 2.05) is 0 Å². The molecule has 3 rings (SSSR count). The Labute approximate surface area is 126 Å². The third-order valence-corrected chi connectivity index (χ3v) is 3.90. The first-order valence-electron chi connectivity index (χ1n) is 6.11. The van der Waals surface area contributed by atoms with Crippen LogP contribution in [0.3, 0.4) is 0 Å². The van der Waals surface area contributed by atoms with E-state index in [0.717, 1.165) is 16.8 Å². The average molecular weight is 354 g/mol. The van der Waals surface area contributed by atoms with Crippen LogP contribution in [0, 0.1) is 18.6 Å². The molecule has 0 aliphatic heterocycles. The number of nitrogens with zero attached hydrogens (tertiary/aromatic N) is 3. The molecule has 0 radical (unpaired) electrons. The number of pyridine rings is 1. The third-order valence-electron chi connectivity index (χ3n) is 3.33. The van der Waals surface area contributed by atoms with Gasteiger partial charge in [-0.2, -0.15) is 5.10 Å². The molecule has 0 spiro atoms. The molecule has 0 atom stereocenters. The Balaban J connectivity index is 2.51. The summed E-state index contributed by atoms with van der Waals surface area (Å²) in [6.45, 7) is 1.72. The Kier molecular flexibility index (Phi) is 3.16. The van der Waals surface area contributed by atoms with E-state index in [-0.39, 0.29) is 11.2 Å². The molecular weight excluding hydrogens is 344 g/mol. The van der Waals surface area contributed by atoms with Crippen LogP contribution < -0.4 is 5.56 Å². The van der Waals surface area contributed by atoms with Crippen LogP contribution in [0.5, 0.6) is 0 Å². The van der Waals surface area contributed by atoms with Gasteiger partial charge in [-0.3, -0.25) is 9.36 Å². The summed E-state index contributed by atoms with van der Waals surface area (Å²) in [4.78, 5) is 12.0. The van der Waals surface area contributed by atoms with E-state index in [4.69, 9.17) is 0 Å². The number of aryl methyl sites for hydroxylation is 2. The third kappa shape index (κ3) is 1.99. The van der Waals surface area contributed by atoms with Gasteiger partial charge >= 0.3 is 0 Å². The normalized spacial score (nSPS) is 11.3. The molecule has 0 aliphatic carbocycles. The maximum Gasteiger partial charge on any atom is 0.266 e. The second-order valence-corrected chi connectivity index (χ2v) is 5.52. The topological polar surface area (TPSA) is 39.8 Å². The van der Waals surface area contributed by atoms with E-state index >= 15 is 0 Å². The summed E-state index contributed by atoms with van der Waals surface area (Å²) in [5, 5.41) is 4.83. The van der Waals surface area contributed by atoms with Crippen molar-refractivity contribution in [1.82, 2.24) is 14.3 Å². The Morgan fingerprint density at radius 3 is 2.48 bits per heavy atom. The number of hydrogen-bond donors (Lipinski definition) is 0. The van der Waals surface area contributed by atoms with Gasteiger partial charge in [-0.05, 0) is 41.1 Å². The van der Waals surface area contributed by atoms with Gasteiger partial charge in [0.1, 0.15) is 11.3 Å². The van der Waals surface area contributed by atoms with Crippen molar-refractivity contribution >= 4 is 27.0 Å². The number of benzene rings is 1. The zero-order chi connectivity index (χ0) is 15.3. The average Bonchev–Trinajstić information content (AvgIpc) is 2.73. The fourth-order valence-electron chi connectivity index (χ4n) is 2.31. The number of fused-ring (bicyclic) bond motifs is 1. The molecule has 108 valence electrons. The molecule has 2 heterocycles. The summed E-state index contributed by atoms with van der Waals surface area (Å²) in [5.74, 6) is -1.48. The minimum Gasteiger partial charge on any atom is -0.295 e. The van der Waals surface area contributed by atoms with Gasteiger partial charge in [0.25, 0.3) is 5.56 Å². The molecule has 0 unspecified atom stereocenters. The summed E-state index contributed by atoms with van der Waals surface area (Å²) in [5.41, 5.74) is 0.307. The molecule has 3 aromatic rings. The minimum atomic E-state index is -0.741. The van der Waals surface area contributed by atoms with Crippen LogP contribution in [0.15, 0.2) is 33.5 Å². The second-order valence-electron chi connectivity index (χ2n) is 4.66. The van der Waals surface area contributed by atoms with Crippen LogP contribution in [0.2, 0.25) is 0 Å². The minimum absolute atomic E-state index is 0.298. The van der Waals surface area contributed by atoms with Crippen LogP contribution in [-0.2, 0) is 7.05 Å². The maximum atomic E-state index is 14.0. The number of para-hydroxylation sites is 1. The smallest absolute Gasteiger partial charge is 0.266 e. The van der Waals surface area contributed by atoms with Crippen molar-refractivity contribution in [1.29, 1.82) is 0 Å². The molecule has 7 heteroatoms. The predicted octanol–water partition coefficient (Wildman–Crippen LogP) is 3.07. The Morgan fingerprint density at radius 2 is 1.86 bits per heavy atom. The predicted molar refractivity (Wildman–Crippen MR) is 78.7 cm³/mol. The van der Waals surface area contributed by atoms with Gasteiger partial charge in [-0.1, -0.05) is 6.07 Å². The fourth-order valence-corrected chi connectivity index (χ4v) is 2.81. The van der Waals surface area contributed by atoms with Crippen LogP contribution >= 0.6 is 15.9 Å². The monoisotopic (exact) mass is 353 g/mol. The zero-order valence-electron chi connectivity index (χ0n) is 11.2. The van der Waals surface area contributed by atoms with Crippen LogP contribution in [0.25, 0.3) is 16.7 Å². The van der Waals surface area contributed by atoms with Crippen LogP contribution in [-0.4, -0.2) is 14.3 Å². The van der Waals surface area contributed by atoms with Crippen molar-refractivity contribution in [2.45, 2.75) is 6.92 Å². The summed E-state index contributed by atoms with van der Waals surface area (Å²) in [7, 11) is 1.53. The van der Waals surface area contributed by atoms with E-state index in [1.165, 1.54) is 17.7 Å². The van der Waals surface area contributed by atoms with Gasteiger partial charge < -0.3 is 0 Å². The Bertz CT molecular complexity index is 910. The van der Waals surface area contributed by atoms with E-state index in [2.05, 4.69) is 21.0 Å². The molecule has 0 fully saturated rings. The van der Waals surface area contributed by atoms with E-state index in [0.29, 0.717) is 21.2 Å². The van der Waals surface area contributed by atoms with Gasteiger partial charge in [0, 0.05) is 12.4 Å². The number of aromatic nitrogens is 3. The van der Waals surface area contributed by atoms with E-state index in [1.54, 1.807) is 13.0 Å². The summed E-state index contributed by atoms with van der Waals surface area (Å²) in [6, 6.07) is 5.19. The van der Waals surface area contributed by atoms with Crippen LogP contribution in [0.1, 0.15) is 5.69 Å². The van der Waals surface area contributed by atoms with Crippen molar-refractivity contribution in [3.05, 3.63) is 56.4 Å². The summed E-state index contributed by atoms with van der Waals surface area (Å²) in [6.07, 6.45) is 0. The molecule has 0 amide bonds. The Morgan fingerprint density at radius 1 is 1.24 bits per heavy atom. The fraction of sp³-hybridized carbons (Fsp3) is 0.143. The van der Waals surface area contributed by atoms with Gasteiger partial charge in [0.05, 0.1) is 10.2 Å². The molecule has 2 aromatic heterocycles. The molecule has 0 aliphatic rings. The molecular formula is C14H10BrF2N3O. The quantitative estimate of drug-likeness (QED) is 0.674. The molecule has 0 bridgehead atoms. The lowest BCUT2D eigenvalue weighted by Crippen LogP contribution is -2.19. The standard InChI is InChI=1S/C14H10BrF2N3O/c1-7-8-6-9(15)14(21)19(2)13(8)20(18-7)12-10(16)4-3-5-11(12)17/h3-6H,1-2H3. The molecule has 21 heavy (non-hydrogen) atoms. The lowest BCUT2D eigenvalue weighted by molar-refractivity contribution is 0.560. The first kappa shape index (κ1) is 13.9. The van der Waals surface area contributed by atoms with Crippen molar-refractivity contribution < 1.29 is 8.78 Å². The zero-order valence-corrected chi connectivity index (χ0v) is 12.8. The van der Waals surface area contributed by atoms with Gasteiger partial charge in [0.15, 0.2) is 11.6 Å². The highest BCUT2D eigenvalue weighted by Gasteiger charge is 2.19. The molecule has 1 aromatic carbocycles. The summed E-state index contributed by atoms with van der Waals surface area (Å²) >= 11 is 3.18. The Hall–Kier alpha value is -2.02. The molecule has 0 N–H and O–H groups in total. The maximum absolute atomic E-state index is 14.0. The first-order valence-corrected chi connectivity index (χ1v) is 6.90. The number of rotatable bonds is 1. The summed E-state index contributed by atoms with van der Waals surface area (Å²) < 4.78 is 30.8. The van der Waals surface area contributed by atoms with E-state index in [9.17, 15) is 13.6 Å². The highest BCUT2D eigenvalue weighted by Crippen LogP contribution is 2.25. The first-order chi connectivity index (χ1) is 9.91. The highest BCUT2D eigenvalue weighted by molar-refractivity contribution is 9.10. The number of hydrogen-bond acceptors (Lipinski definition) is 2. The van der Waals surface area contributed by atoms with Gasteiger partial charge in [0.2, 0.25) is 0 Å². The van der Waals surface area contributed by atoms with E-state index < -0.39 is 11.6 Å². The number of halogens is 3. The molecule has 0 saturated carbocycles. The SMILES string of the molecule is Cc1nn(-c2c(F)cccc2F)c2c1cc(Br)c(=O)n2C. The molecule has 4 nitrogen and oxygen atoms in total. The van der Waals surface area contributed by atoms with Gasteiger partial charge in [-0.15, -0.1) is 0 Å². The van der Waals surface area contributed by atoms with Crippen molar-refractivity contribution in [3.8, 4) is 5.69 Å². The lowest BCUT2D eigenvalue weighted by atomic mass is 10.2. The van der Waals surface area contributed by atoms with Crippen molar-refractivity contribution in [3.63, 3.8) is 0 Å².